The SMILES string of the molecule is FC(F)(F)c1ccc2c(c1)CCC[C@H]1O[C@@H]21. The first-order valence-corrected chi connectivity index (χ1v) is 5.41. The summed E-state index contributed by atoms with van der Waals surface area (Å²) in [5.41, 5.74) is 1.21. The van der Waals surface area contributed by atoms with Crippen molar-refractivity contribution >= 4 is 0 Å². The van der Waals surface area contributed by atoms with Crippen LogP contribution in [-0.4, -0.2) is 6.10 Å². The fourth-order valence-electron chi connectivity index (χ4n) is 2.41. The fourth-order valence-corrected chi connectivity index (χ4v) is 2.41. The molecule has 0 aromatic heterocycles. The highest BCUT2D eigenvalue weighted by Crippen LogP contribution is 2.46. The second-order valence-corrected chi connectivity index (χ2v) is 4.40. The fraction of sp³-hybridized carbons (Fsp3) is 0.500. The standard InChI is InChI=1S/C12H11F3O/c13-12(14,15)8-4-5-9-7(6-8)2-1-3-10-11(9)16-10/h4-6,10-11H,1-3H2/t10-,11+/m1/s1. The van der Waals surface area contributed by atoms with Gasteiger partial charge in [0.2, 0.25) is 0 Å². The van der Waals surface area contributed by atoms with Crippen molar-refractivity contribution in [1.29, 1.82) is 0 Å². The molecule has 1 heterocycles. The lowest BCUT2D eigenvalue weighted by Crippen LogP contribution is -2.06. The number of benzene rings is 1. The van der Waals surface area contributed by atoms with E-state index in [9.17, 15) is 13.2 Å². The van der Waals surface area contributed by atoms with Crippen LogP contribution in [0.3, 0.4) is 0 Å². The molecule has 2 atom stereocenters. The topological polar surface area (TPSA) is 12.5 Å². The van der Waals surface area contributed by atoms with E-state index < -0.39 is 11.7 Å². The summed E-state index contributed by atoms with van der Waals surface area (Å²) in [7, 11) is 0. The molecule has 86 valence electrons. The number of aryl methyl sites for hydroxylation is 1. The minimum Gasteiger partial charge on any atom is -0.364 e. The average Bonchev–Trinajstić information content (AvgIpc) is 2.94. The van der Waals surface area contributed by atoms with Gasteiger partial charge in [0.15, 0.2) is 0 Å². The van der Waals surface area contributed by atoms with E-state index in [2.05, 4.69) is 0 Å². The van der Waals surface area contributed by atoms with Crippen LogP contribution < -0.4 is 0 Å². The van der Waals surface area contributed by atoms with Crippen LogP contribution >= 0.6 is 0 Å². The number of alkyl halides is 3. The van der Waals surface area contributed by atoms with E-state index in [0.29, 0.717) is 0 Å². The summed E-state index contributed by atoms with van der Waals surface area (Å²) in [6.07, 6.45) is -1.34. The Morgan fingerprint density at radius 1 is 1.25 bits per heavy atom. The molecule has 1 aromatic rings. The molecule has 1 fully saturated rings. The summed E-state index contributed by atoms with van der Waals surface area (Å²) in [5, 5.41) is 0. The summed E-state index contributed by atoms with van der Waals surface area (Å²) < 4.78 is 43.0. The predicted molar refractivity (Wildman–Crippen MR) is 52.0 cm³/mol. The lowest BCUT2D eigenvalue weighted by atomic mass is 9.99. The van der Waals surface area contributed by atoms with Gasteiger partial charge in [0.05, 0.1) is 11.7 Å². The van der Waals surface area contributed by atoms with Gasteiger partial charge < -0.3 is 4.74 Å². The molecule has 0 saturated carbocycles. The Morgan fingerprint density at radius 2 is 2.06 bits per heavy atom. The summed E-state index contributed by atoms with van der Waals surface area (Å²) >= 11 is 0. The van der Waals surface area contributed by atoms with Crippen molar-refractivity contribution in [3.05, 3.63) is 34.9 Å². The van der Waals surface area contributed by atoms with Crippen molar-refractivity contribution in [3.63, 3.8) is 0 Å². The second-order valence-electron chi connectivity index (χ2n) is 4.40. The molecule has 0 amide bonds. The van der Waals surface area contributed by atoms with Crippen LogP contribution in [0, 0.1) is 0 Å². The smallest absolute Gasteiger partial charge is 0.364 e. The van der Waals surface area contributed by atoms with E-state index in [1.54, 1.807) is 6.07 Å². The van der Waals surface area contributed by atoms with Gasteiger partial charge in [-0.2, -0.15) is 13.2 Å². The van der Waals surface area contributed by atoms with Crippen molar-refractivity contribution in [2.24, 2.45) is 0 Å². The predicted octanol–water partition coefficient (Wildman–Crippen LogP) is 3.48. The van der Waals surface area contributed by atoms with Gasteiger partial charge in [-0.1, -0.05) is 6.07 Å². The van der Waals surface area contributed by atoms with E-state index in [4.69, 9.17) is 4.74 Å². The molecule has 16 heavy (non-hydrogen) atoms. The van der Waals surface area contributed by atoms with Gasteiger partial charge in [-0.3, -0.25) is 0 Å². The summed E-state index contributed by atoms with van der Waals surface area (Å²) in [4.78, 5) is 0. The third-order valence-electron chi connectivity index (χ3n) is 3.29. The number of epoxide rings is 1. The molecule has 4 heteroatoms. The minimum absolute atomic E-state index is 0.0554. The van der Waals surface area contributed by atoms with Gasteiger partial charge in [-0.15, -0.1) is 0 Å². The quantitative estimate of drug-likeness (QED) is 0.619. The molecule has 1 nitrogen and oxygen atoms in total. The van der Waals surface area contributed by atoms with Crippen LogP contribution in [0.4, 0.5) is 13.2 Å². The Hall–Kier alpha value is -1.03. The van der Waals surface area contributed by atoms with Crippen LogP contribution in [0.2, 0.25) is 0 Å². The molecule has 1 aromatic carbocycles. The van der Waals surface area contributed by atoms with E-state index >= 15 is 0 Å². The van der Waals surface area contributed by atoms with E-state index in [-0.39, 0.29) is 12.2 Å². The highest BCUT2D eigenvalue weighted by molar-refractivity contribution is 5.38. The monoisotopic (exact) mass is 228 g/mol. The third-order valence-corrected chi connectivity index (χ3v) is 3.29. The van der Waals surface area contributed by atoms with E-state index in [1.807, 2.05) is 0 Å². The zero-order valence-electron chi connectivity index (χ0n) is 8.55. The minimum atomic E-state index is -4.24. The third kappa shape index (κ3) is 1.61. The van der Waals surface area contributed by atoms with Crippen LogP contribution in [0.15, 0.2) is 18.2 Å². The molecule has 0 N–H and O–H groups in total. The molecular formula is C12H11F3O. The summed E-state index contributed by atoms with van der Waals surface area (Å²) in [6.45, 7) is 0. The Morgan fingerprint density at radius 3 is 2.81 bits per heavy atom. The molecular weight excluding hydrogens is 217 g/mol. The molecule has 0 unspecified atom stereocenters. The number of hydrogen-bond acceptors (Lipinski definition) is 1. The first-order valence-electron chi connectivity index (χ1n) is 5.41. The number of hydrogen-bond donors (Lipinski definition) is 0. The summed E-state index contributed by atoms with van der Waals surface area (Å²) in [5.74, 6) is 0. The second kappa shape index (κ2) is 3.23. The van der Waals surface area contributed by atoms with Gasteiger partial charge in [0, 0.05) is 0 Å². The molecule has 0 bridgehead atoms. The number of ether oxygens (including phenoxy) is 1. The van der Waals surface area contributed by atoms with E-state index in [0.717, 1.165) is 36.5 Å². The normalized spacial score (nSPS) is 27.9. The zero-order chi connectivity index (χ0) is 11.3. The average molecular weight is 228 g/mol. The molecule has 1 aliphatic heterocycles. The Kier molecular flexibility index (Phi) is 2.05. The zero-order valence-corrected chi connectivity index (χ0v) is 8.55. The number of fused-ring (bicyclic) bond motifs is 3. The van der Waals surface area contributed by atoms with Crippen LogP contribution in [0.5, 0.6) is 0 Å². The molecule has 1 aliphatic carbocycles. The lowest BCUT2D eigenvalue weighted by molar-refractivity contribution is -0.137. The molecule has 1 saturated heterocycles. The Balaban J connectivity index is 2.01. The van der Waals surface area contributed by atoms with Gasteiger partial charge in [0.25, 0.3) is 0 Å². The largest absolute Gasteiger partial charge is 0.416 e. The van der Waals surface area contributed by atoms with Crippen LogP contribution in [0.1, 0.15) is 35.6 Å². The maximum absolute atomic E-state index is 12.5. The van der Waals surface area contributed by atoms with Gasteiger partial charge in [-0.05, 0) is 42.5 Å². The lowest BCUT2D eigenvalue weighted by Gasteiger charge is -2.11. The first-order chi connectivity index (χ1) is 7.55. The van der Waals surface area contributed by atoms with Crippen molar-refractivity contribution in [3.8, 4) is 0 Å². The molecule has 2 aliphatic rings. The maximum Gasteiger partial charge on any atom is 0.416 e. The number of rotatable bonds is 0. The summed E-state index contributed by atoms with van der Waals surface area (Å²) in [6, 6.07) is 4.01. The van der Waals surface area contributed by atoms with Crippen LogP contribution in [-0.2, 0) is 17.3 Å². The molecule has 3 rings (SSSR count). The van der Waals surface area contributed by atoms with Gasteiger partial charge in [0.1, 0.15) is 6.10 Å². The Labute approximate surface area is 91.2 Å². The molecule has 0 radical (unpaired) electrons. The Bertz CT molecular complexity index is 425. The van der Waals surface area contributed by atoms with Crippen molar-refractivity contribution in [1.82, 2.24) is 0 Å². The molecule has 0 spiro atoms. The van der Waals surface area contributed by atoms with E-state index in [1.165, 1.54) is 6.07 Å². The van der Waals surface area contributed by atoms with Crippen molar-refractivity contribution < 1.29 is 17.9 Å². The maximum atomic E-state index is 12.5. The van der Waals surface area contributed by atoms with Crippen molar-refractivity contribution in [2.75, 3.05) is 0 Å². The van der Waals surface area contributed by atoms with Gasteiger partial charge >= 0.3 is 6.18 Å². The van der Waals surface area contributed by atoms with Gasteiger partial charge in [-0.25, -0.2) is 0 Å². The number of halogens is 3. The first kappa shape index (κ1) is 10.1. The van der Waals surface area contributed by atoms with Crippen LogP contribution in [0.25, 0.3) is 0 Å². The van der Waals surface area contributed by atoms with Crippen molar-refractivity contribution in [2.45, 2.75) is 37.6 Å². The highest BCUT2D eigenvalue weighted by atomic mass is 19.4. The highest BCUT2D eigenvalue weighted by Gasteiger charge is 2.43.